The van der Waals surface area contributed by atoms with E-state index in [4.69, 9.17) is 5.73 Å². The van der Waals surface area contributed by atoms with Gasteiger partial charge in [0.25, 0.3) is 0 Å². The Hall–Kier alpha value is -1.58. The Morgan fingerprint density at radius 1 is 1.38 bits per heavy atom. The van der Waals surface area contributed by atoms with Crippen molar-refractivity contribution in [1.82, 2.24) is 14.5 Å². The molecule has 0 aliphatic rings. The third-order valence-corrected chi connectivity index (χ3v) is 2.30. The van der Waals surface area contributed by atoms with Crippen molar-refractivity contribution in [1.29, 1.82) is 0 Å². The third-order valence-electron chi connectivity index (χ3n) is 2.30. The minimum Gasteiger partial charge on any atom is -0.369 e. The van der Waals surface area contributed by atoms with Crippen molar-refractivity contribution < 1.29 is 0 Å². The van der Waals surface area contributed by atoms with E-state index in [0.717, 1.165) is 22.3 Å². The number of rotatable bonds is 0. The first-order valence-electron chi connectivity index (χ1n) is 4.15. The molecule has 13 heavy (non-hydrogen) atoms. The molecule has 0 saturated carbocycles. The minimum atomic E-state index is 0.536. The highest BCUT2D eigenvalue weighted by molar-refractivity contribution is 5.82. The van der Waals surface area contributed by atoms with Crippen LogP contribution < -0.4 is 5.73 Å². The molecule has 0 saturated heterocycles. The van der Waals surface area contributed by atoms with Crippen LogP contribution in [0.25, 0.3) is 11.0 Å². The second kappa shape index (κ2) is 2.45. The maximum absolute atomic E-state index is 5.71. The fraction of sp³-hybridized carbons (Fsp3) is 0.333. The number of hydrogen-bond acceptors (Lipinski definition) is 3. The van der Waals surface area contributed by atoms with Gasteiger partial charge in [0.2, 0.25) is 5.95 Å². The molecule has 0 unspecified atom stereocenters. The fourth-order valence-electron chi connectivity index (χ4n) is 1.54. The molecule has 2 heterocycles. The van der Waals surface area contributed by atoms with Gasteiger partial charge in [-0.15, -0.1) is 0 Å². The molecule has 0 radical (unpaired) electrons. The van der Waals surface area contributed by atoms with E-state index in [0.29, 0.717) is 5.95 Å². The normalized spacial score (nSPS) is 11.0. The summed E-state index contributed by atoms with van der Waals surface area (Å²) in [5.41, 5.74) is 9.72. The van der Waals surface area contributed by atoms with Gasteiger partial charge < -0.3 is 10.3 Å². The van der Waals surface area contributed by atoms with E-state index >= 15 is 0 Å². The van der Waals surface area contributed by atoms with Crippen LogP contribution in [0.4, 0.5) is 5.95 Å². The van der Waals surface area contributed by atoms with Gasteiger partial charge >= 0.3 is 0 Å². The van der Waals surface area contributed by atoms with Crippen molar-refractivity contribution in [3.8, 4) is 0 Å². The molecular formula is C9H12N4. The van der Waals surface area contributed by atoms with Crippen molar-refractivity contribution in [3.05, 3.63) is 17.5 Å². The highest BCUT2D eigenvalue weighted by Crippen LogP contribution is 2.21. The number of aromatic nitrogens is 3. The average Bonchev–Trinajstić information content (AvgIpc) is 2.38. The zero-order valence-corrected chi connectivity index (χ0v) is 8.00. The second-order valence-corrected chi connectivity index (χ2v) is 3.25. The van der Waals surface area contributed by atoms with Gasteiger partial charge in [-0.1, -0.05) is 0 Å². The third kappa shape index (κ3) is 0.983. The molecule has 0 amide bonds. The van der Waals surface area contributed by atoms with Gasteiger partial charge in [0.1, 0.15) is 5.52 Å². The summed E-state index contributed by atoms with van der Waals surface area (Å²) in [6.07, 6.45) is 1.85. The Bertz CT molecular complexity index is 470. The molecule has 0 aliphatic carbocycles. The highest BCUT2D eigenvalue weighted by Gasteiger charge is 2.09. The molecule has 2 N–H and O–H groups in total. The Kier molecular flexibility index (Phi) is 1.52. The molecule has 4 heteroatoms. The molecule has 2 aromatic rings. The summed E-state index contributed by atoms with van der Waals surface area (Å²) < 4.78 is 1.89. The number of nitrogens with zero attached hydrogens (tertiary/aromatic N) is 3. The van der Waals surface area contributed by atoms with Crippen LogP contribution in [0, 0.1) is 13.8 Å². The lowest BCUT2D eigenvalue weighted by molar-refractivity contribution is 0.960. The zero-order chi connectivity index (χ0) is 9.59. The Morgan fingerprint density at radius 3 is 2.69 bits per heavy atom. The van der Waals surface area contributed by atoms with Crippen LogP contribution in [0.1, 0.15) is 11.3 Å². The highest BCUT2D eigenvalue weighted by atomic mass is 15.1. The van der Waals surface area contributed by atoms with E-state index in [-0.39, 0.29) is 0 Å². The topological polar surface area (TPSA) is 56.7 Å². The summed E-state index contributed by atoms with van der Waals surface area (Å²) in [7, 11) is 1.91. The molecule has 0 fully saturated rings. The van der Waals surface area contributed by atoms with Gasteiger partial charge in [-0.3, -0.25) is 4.98 Å². The van der Waals surface area contributed by atoms with Crippen molar-refractivity contribution in [2.75, 3.05) is 5.73 Å². The molecule has 0 aliphatic heterocycles. The van der Waals surface area contributed by atoms with Gasteiger partial charge in [-0.25, -0.2) is 4.98 Å². The molecule has 0 atom stereocenters. The molecule has 4 nitrogen and oxygen atoms in total. The van der Waals surface area contributed by atoms with Crippen molar-refractivity contribution in [2.24, 2.45) is 7.05 Å². The maximum Gasteiger partial charge on any atom is 0.201 e. The Balaban J connectivity index is 3.00. The first-order valence-corrected chi connectivity index (χ1v) is 4.15. The standard InChI is InChI=1S/C9H12N4/c1-5-4-11-6(2)7-8(5)13(3)9(10)12-7/h4H,1-3H3,(H2,10,12). The quantitative estimate of drug-likeness (QED) is 0.655. The maximum atomic E-state index is 5.71. The predicted octanol–water partition coefficient (Wildman–Crippen LogP) is 1.17. The number of nitrogens with two attached hydrogens (primary N) is 1. The van der Waals surface area contributed by atoms with Gasteiger partial charge in [-0.05, 0) is 19.4 Å². The average molecular weight is 176 g/mol. The minimum absolute atomic E-state index is 0.536. The monoisotopic (exact) mass is 176 g/mol. The predicted molar refractivity (Wildman–Crippen MR) is 52.4 cm³/mol. The Labute approximate surface area is 76.4 Å². The fourth-order valence-corrected chi connectivity index (χ4v) is 1.54. The van der Waals surface area contributed by atoms with E-state index in [9.17, 15) is 0 Å². The molecule has 2 aromatic heterocycles. The van der Waals surface area contributed by atoms with Crippen molar-refractivity contribution >= 4 is 17.0 Å². The number of fused-ring (bicyclic) bond motifs is 1. The number of anilines is 1. The summed E-state index contributed by atoms with van der Waals surface area (Å²) in [6.45, 7) is 3.95. The SMILES string of the molecule is Cc1ncc(C)c2c1nc(N)n2C. The molecule has 0 aromatic carbocycles. The summed E-state index contributed by atoms with van der Waals surface area (Å²) in [4.78, 5) is 8.48. The lowest BCUT2D eigenvalue weighted by atomic mass is 10.2. The number of pyridine rings is 1. The molecule has 68 valence electrons. The first kappa shape index (κ1) is 8.04. The summed E-state index contributed by atoms with van der Waals surface area (Å²) in [5.74, 6) is 0.536. The van der Waals surface area contributed by atoms with E-state index in [2.05, 4.69) is 9.97 Å². The summed E-state index contributed by atoms with van der Waals surface area (Å²) in [5, 5.41) is 0. The summed E-state index contributed by atoms with van der Waals surface area (Å²) in [6, 6.07) is 0. The van der Waals surface area contributed by atoms with Crippen LogP contribution in [0.3, 0.4) is 0 Å². The van der Waals surface area contributed by atoms with E-state index < -0.39 is 0 Å². The van der Waals surface area contributed by atoms with Crippen LogP contribution in [-0.2, 0) is 7.05 Å². The van der Waals surface area contributed by atoms with Gasteiger partial charge in [-0.2, -0.15) is 0 Å². The van der Waals surface area contributed by atoms with Crippen LogP contribution in [-0.4, -0.2) is 14.5 Å². The second-order valence-electron chi connectivity index (χ2n) is 3.25. The molecular weight excluding hydrogens is 164 g/mol. The van der Waals surface area contributed by atoms with Gasteiger partial charge in [0, 0.05) is 13.2 Å². The summed E-state index contributed by atoms with van der Waals surface area (Å²) >= 11 is 0. The largest absolute Gasteiger partial charge is 0.369 e. The van der Waals surface area contributed by atoms with Gasteiger partial charge in [0.15, 0.2) is 0 Å². The lowest BCUT2D eigenvalue weighted by Gasteiger charge is -2.00. The van der Waals surface area contributed by atoms with Gasteiger partial charge in [0.05, 0.1) is 11.2 Å². The number of hydrogen-bond donors (Lipinski definition) is 1. The van der Waals surface area contributed by atoms with E-state index in [1.54, 1.807) is 0 Å². The zero-order valence-electron chi connectivity index (χ0n) is 8.00. The first-order chi connectivity index (χ1) is 6.11. The molecule has 0 spiro atoms. The van der Waals surface area contributed by atoms with Crippen LogP contribution >= 0.6 is 0 Å². The number of aryl methyl sites for hydroxylation is 3. The van der Waals surface area contributed by atoms with Crippen molar-refractivity contribution in [3.63, 3.8) is 0 Å². The number of imidazole rings is 1. The van der Waals surface area contributed by atoms with Crippen molar-refractivity contribution in [2.45, 2.75) is 13.8 Å². The van der Waals surface area contributed by atoms with Crippen LogP contribution in [0.15, 0.2) is 6.20 Å². The number of nitrogen functional groups attached to an aromatic ring is 1. The Morgan fingerprint density at radius 2 is 2.08 bits per heavy atom. The van der Waals surface area contributed by atoms with E-state index in [1.165, 1.54) is 0 Å². The molecule has 0 bridgehead atoms. The van der Waals surface area contributed by atoms with Crippen LogP contribution in [0.2, 0.25) is 0 Å². The van der Waals surface area contributed by atoms with Crippen LogP contribution in [0.5, 0.6) is 0 Å². The van der Waals surface area contributed by atoms with E-state index in [1.807, 2.05) is 31.7 Å². The smallest absolute Gasteiger partial charge is 0.201 e. The molecule has 2 rings (SSSR count). The lowest BCUT2D eigenvalue weighted by Crippen LogP contribution is -1.97.